The van der Waals surface area contributed by atoms with E-state index < -0.39 is 6.09 Å². The number of aryl methyl sites for hydroxylation is 2. The lowest BCUT2D eigenvalue weighted by Crippen LogP contribution is -2.12. The van der Waals surface area contributed by atoms with Gasteiger partial charge in [0.1, 0.15) is 5.82 Å². The molecular formula is C19H19N5O2. The zero-order chi connectivity index (χ0) is 18.3. The number of hydrogen-bond donors (Lipinski definition) is 1. The van der Waals surface area contributed by atoms with E-state index in [1.807, 2.05) is 35.6 Å². The molecule has 132 valence electrons. The fourth-order valence-electron chi connectivity index (χ4n) is 3.26. The molecule has 1 aromatic carbocycles. The molecule has 0 fully saturated rings. The molecule has 0 radical (unpaired) electrons. The van der Waals surface area contributed by atoms with Crippen LogP contribution in [0.4, 0.5) is 10.5 Å². The highest BCUT2D eigenvalue weighted by Gasteiger charge is 2.17. The number of rotatable bonds is 3. The Bertz CT molecular complexity index is 1110. The van der Waals surface area contributed by atoms with Gasteiger partial charge in [-0.25, -0.2) is 4.79 Å². The average Bonchev–Trinajstić information content (AvgIpc) is 3.17. The van der Waals surface area contributed by atoms with Crippen molar-refractivity contribution in [1.29, 1.82) is 0 Å². The number of pyridine rings is 1. The zero-order valence-electron chi connectivity index (χ0n) is 14.9. The highest BCUT2D eigenvalue weighted by atomic mass is 16.5. The number of nitrogens with one attached hydrogen (secondary N) is 1. The van der Waals surface area contributed by atoms with Crippen LogP contribution >= 0.6 is 0 Å². The van der Waals surface area contributed by atoms with Crippen LogP contribution in [0.5, 0.6) is 0 Å². The minimum atomic E-state index is -0.537. The predicted molar refractivity (Wildman–Crippen MR) is 99.5 cm³/mol. The lowest BCUT2D eigenvalue weighted by molar-refractivity contribution is 0.187. The maximum Gasteiger partial charge on any atom is 0.411 e. The monoisotopic (exact) mass is 349 g/mol. The van der Waals surface area contributed by atoms with Gasteiger partial charge in [0, 0.05) is 12.2 Å². The van der Waals surface area contributed by atoms with Crippen LogP contribution in [0.15, 0.2) is 42.5 Å². The summed E-state index contributed by atoms with van der Waals surface area (Å²) in [5.74, 6) is 0.760. The van der Waals surface area contributed by atoms with Crippen molar-refractivity contribution in [3.63, 3.8) is 0 Å². The quantitative estimate of drug-likeness (QED) is 0.614. The Morgan fingerprint density at radius 1 is 1.12 bits per heavy atom. The molecule has 0 aliphatic carbocycles. The van der Waals surface area contributed by atoms with Crippen molar-refractivity contribution in [2.75, 3.05) is 12.4 Å². The standard InChI is InChI=1S/C19H19N5O2/c1-12-9-17-16(23(12)11-14-7-5-4-6-8-14)10-15(20-19(25)26-3)18-22-21-13(2)24(17)18/h4-10H,11H2,1-3H3,(H,20,25). The van der Waals surface area contributed by atoms with Crippen molar-refractivity contribution in [1.82, 2.24) is 19.2 Å². The molecule has 1 N–H and O–H groups in total. The van der Waals surface area contributed by atoms with Gasteiger partial charge in [0.05, 0.1) is 23.8 Å². The number of fused-ring (bicyclic) bond motifs is 3. The molecule has 0 aliphatic rings. The van der Waals surface area contributed by atoms with Crippen LogP contribution < -0.4 is 5.32 Å². The molecule has 0 saturated carbocycles. The molecule has 3 heterocycles. The number of carbonyl (C=O) groups excluding carboxylic acids is 1. The van der Waals surface area contributed by atoms with Crippen molar-refractivity contribution in [2.24, 2.45) is 0 Å². The van der Waals surface area contributed by atoms with E-state index in [1.54, 1.807) is 0 Å². The molecule has 0 atom stereocenters. The van der Waals surface area contributed by atoms with E-state index in [1.165, 1.54) is 12.7 Å². The SMILES string of the molecule is COC(=O)Nc1cc2c(cc(C)n2Cc2ccccc2)n2c(C)nnc12. The first kappa shape index (κ1) is 16.1. The van der Waals surface area contributed by atoms with Gasteiger partial charge in [-0.2, -0.15) is 0 Å². The summed E-state index contributed by atoms with van der Waals surface area (Å²) in [6, 6.07) is 14.3. The maximum atomic E-state index is 11.8. The van der Waals surface area contributed by atoms with Crippen molar-refractivity contribution in [3.8, 4) is 0 Å². The number of hydrogen-bond acceptors (Lipinski definition) is 4. The van der Waals surface area contributed by atoms with Gasteiger partial charge in [-0.15, -0.1) is 10.2 Å². The Hall–Kier alpha value is -3.35. The average molecular weight is 349 g/mol. The maximum absolute atomic E-state index is 11.8. The van der Waals surface area contributed by atoms with Gasteiger partial charge in [-0.3, -0.25) is 9.72 Å². The molecule has 0 unspecified atom stereocenters. The first-order chi connectivity index (χ1) is 12.6. The van der Waals surface area contributed by atoms with Gasteiger partial charge in [-0.05, 0) is 31.5 Å². The Balaban J connectivity index is 1.95. The Morgan fingerprint density at radius 3 is 2.62 bits per heavy atom. The summed E-state index contributed by atoms with van der Waals surface area (Å²) < 4.78 is 8.91. The second-order valence-electron chi connectivity index (χ2n) is 6.21. The molecule has 3 aromatic heterocycles. The molecular weight excluding hydrogens is 330 g/mol. The summed E-state index contributed by atoms with van der Waals surface area (Å²) in [7, 11) is 1.34. The number of methoxy groups -OCH3 is 1. The predicted octanol–water partition coefficient (Wildman–Crippen LogP) is 3.53. The largest absolute Gasteiger partial charge is 0.453 e. The van der Waals surface area contributed by atoms with E-state index in [4.69, 9.17) is 4.74 Å². The van der Waals surface area contributed by atoms with Gasteiger partial charge >= 0.3 is 6.09 Å². The minimum Gasteiger partial charge on any atom is -0.453 e. The van der Waals surface area contributed by atoms with Crippen LogP contribution in [0.25, 0.3) is 16.7 Å². The van der Waals surface area contributed by atoms with Crippen molar-refractivity contribution >= 4 is 28.5 Å². The van der Waals surface area contributed by atoms with Gasteiger partial charge in [0.25, 0.3) is 0 Å². The Labute approximate surface area is 150 Å². The van der Waals surface area contributed by atoms with E-state index >= 15 is 0 Å². The van der Waals surface area contributed by atoms with Gasteiger partial charge in [0.15, 0.2) is 5.65 Å². The van der Waals surface area contributed by atoms with Crippen LogP contribution in [0.2, 0.25) is 0 Å². The second-order valence-corrected chi connectivity index (χ2v) is 6.21. The molecule has 4 rings (SSSR count). The third-order valence-corrected chi connectivity index (χ3v) is 4.52. The molecule has 0 bridgehead atoms. The first-order valence-corrected chi connectivity index (χ1v) is 8.32. The molecule has 26 heavy (non-hydrogen) atoms. The van der Waals surface area contributed by atoms with E-state index in [2.05, 4.69) is 45.2 Å². The zero-order valence-corrected chi connectivity index (χ0v) is 14.9. The number of aromatic nitrogens is 4. The molecule has 0 aliphatic heterocycles. The van der Waals surface area contributed by atoms with Crippen LogP contribution in [0.1, 0.15) is 17.1 Å². The third-order valence-electron chi connectivity index (χ3n) is 4.52. The van der Waals surface area contributed by atoms with Crippen molar-refractivity contribution < 1.29 is 9.53 Å². The summed E-state index contributed by atoms with van der Waals surface area (Å²) in [5, 5.41) is 11.1. The highest BCUT2D eigenvalue weighted by Crippen LogP contribution is 2.28. The fourth-order valence-corrected chi connectivity index (χ4v) is 3.26. The summed E-state index contributed by atoms with van der Waals surface area (Å²) >= 11 is 0. The topological polar surface area (TPSA) is 73.5 Å². The van der Waals surface area contributed by atoms with Crippen LogP contribution in [-0.4, -0.2) is 32.4 Å². The van der Waals surface area contributed by atoms with E-state index in [0.29, 0.717) is 11.3 Å². The van der Waals surface area contributed by atoms with Crippen LogP contribution in [-0.2, 0) is 11.3 Å². The normalized spacial score (nSPS) is 11.2. The van der Waals surface area contributed by atoms with Gasteiger partial charge in [0.2, 0.25) is 0 Å². The Kier molecular flexibility index (Phi) is 3.84. The Morgan fingerprint density at radius 2 is 1.88 bits per heavy atom. The smallest absolute Gasteiger partial charge is 0.411 e. The van der Waals surface area contributed by atoms with Crippen LogP contribution in [0, 0.1) is 13.8 Å². The minimum absolute atomic E-state index is 0.537. The summed E-state index contributed by atoms with van der Waals surface area (Å²) in [6.07, 6.45) is -0.537. The third kappa shape index (κ3) is 2.57. The van der Waals surface area contributed by atoms with E-state index in [-0.39, 0.29) is 0 Å². The molecule has 7 heteroatoms. The van der Waals surface area contributed by atoms with Gasteiger partial charge in [-0.1, -0.05) is 30.3 Å². The number of anilines is 1. The number of ether oxygens (including phenoxy) is 1. The molecule has 0 saturated heterocycles. The molecule has 1 amide bonds. The van der Waals surface area contributed by atoms with E-state index in [9.17, 15) is 4.79 Å². The fraction of sp³-hybridized carbons (Fsp3) is 0.211. The highest BCUT2D eigenvalue weighted by molar-refractivity contribution is 5.95. The number of amides is 1. The molecule has 0 spiro atoms. The number of benzene rings is 1. The summed E-state index contributed by atoms with van der Waals surface area (Å²) in [4.78, 5) is 11.8. The van der Waals surface area contributed by atoms with Crippen molar-refractivity contribution in [3.05, 3.63) is 59.5 Å². The summed E-state index contributed by atoms with van der Waals surface area (Å²) in [6.45, 7) is 4.70. The second kappa shape index (κ2) is 6.18. The lowest BCUT2D eigenvalue weighted by atomic mass is 10.2. The van der Waals surface area contributed by atoms with Crippen molar-refractivity contribution in [2.45, 2.75) is 20.4 Å². The number of nitrogens with zero attached hydrogens (tertiary/aromatic N) is 4. The molecule has 7 nitrogen and oxygen atoms in total. The van der Waals surface area contributed by atoms with E-state index in [0.717, 1.165) is 29.1 Å². The summed E-state index contributed by atoms with van der Waals surface area (Å²) in [5.41, 5.74) is 5.48. The lowest BCUT2D eigenvalue weighted by Gasteiger charge is -2.11. The number of carbonyl (C=O) groups is 1. The first-order valence-electron chi connectivity index (χ1n) is 8.32. The molecule has 4 aromatic rings. The van der Waals surface area contributed by atoms with Crippen LogP contribution in [0.3, 0.4) is 0 Å². The van der Waals surface area contributed by atoms with Gasteiger partial charge < -0.3 is 9.30 Å².